The van der Waals surface area contributed by atoms with Gasteiger partial charge in [-0.15, -0.1) is 35.3 Å². The smallest absolute Gasteiger partial charge is 0.191 e. The Morgan fingerprint density at radius 2 is 2.21 bits per heavy atom. The molecule has 1 aromatic carbocycles. The van der Waals surface area contributed by atoms with Gasteiger partial charge in [-0.25, -0.2) is 4.98 Å². The lowest BCUT2D eigenvalue weighted by Crippen LogP contribution is -2.38. The predicted octanol–water partition coefficient (Wildman–Crippen LogP) is 3.70. The van der Waals surface area contributed by atoms with Crippen molar-refractivity contribution in [2.24, 2.45) is 10.9 Å². The van der Waals surface area contributed by atoms with Gasteiger partial charge in [-0.2, -0.15) is 0 Å². The Hall–Kier alpha value is -1.39. The number of hydrogen-bond donors (Lipinski definition) is 2. The normalized spacial score (nSPS) is 16.4. The molecule has 1 saturated heterocycles. The molecule has 6 nitrogen and oxygen atoms in total. The van der Waals surface area contributed by atoms with E-state index in [2.05, 4.69) is 52.7 Å². The van der Waals surface area contributed by atoms with Crippen molar-refractivity contribution in [3.8, 4) is 5.75 Å². The molecule has 1 aromatic heterocycles. The maximum Gasteiger partial charge on any atom is 0.191 e. The molecule has 2 aromatic rings. The Labute approximate surface area is 194 Å². The molecule has 1 aliphatic heterocycles. The average molecular weight is 530 g/mol. The molecule has 0 saturated carbocycles. The van der Waals surface area contributed by atoms with Crippen LogP contribution in [0, 0.1) is 19.8 Å². The molecule has 1 aliphatic rings. The zero-order chi connectivity index (χ0) is 19.8. The first kappa shape index (κ1) is 23.9. The van der Waals surface area contributed by atoms with Crippen LogP contribution in [0.2, 0.25) is 0 Å². The van der Waals surface area contributed by atoms with Gasteiger partial charge in [0.15, 0.2) is 5.96 Å². The van der Waals surface area contributed by atoms with E-state index in [0.717, 1.165) is 54.9 Å². The van der Waals surface area contributed by atoms with Crippen LogP contribution in [-0.4, -0.2) is 44.4 Å². The molecule has 0 spiro atoms. The van der Waals surface area contributed by atoms with Crippen LogP contribution in [0.1, 0.15) is 27.4 Å². The summed E-state index contributed by atoms with van der Waals surface area (Å²) in [5.41, 5.74) is 2.32. The van der Waals surface area contributed by atoms with E-state index in [1.807, 2.05) is 6.20 Å². The van der Waals surface area contributed by atoms with E-state index in [9.17, 15) is 0 Å². The van der Waals surface area contributed by atoms with E-state index in [4.69, 9.17) is 9.47 Å². The maximum atomic E-state index is 6.12. The summed E-state index contributed by atoms with van der Waals surface area (Å²) in [6.07, 6.45) is 3.89. The third kappa shape index (κ3) is 7.75. The molecule has 0 amide bonds. The first-order valence-electron chi connectivity index (χ1n) is 9.80. The van der Waals surface area contributed by atoms with Gasteiger partial charge in [-0.3, -0.25) is 4.99 Å². The number of aliphatic imine (C=N–C) groups is 1. The molecule has 3 rings (SSSR count). The predicted molar refractivity (Wildman–Crippen MR) is 130 cm³/mol. The standard InChI is InChI=1S/C21H30N4O2S.HI/c1-15-4-5-18(19(10-15)27-14-17-7-9-26-13-17)12-25-21(22-3)23-8-6-20-24-11-16(2)28-20;/h4-5,10-11,17H,6-9,12-14H2,1-3H3,(H2,22,23,25);1H. The first-order chi connectivity index (χ1) is 13.6. The van der Waals surface area contributed by atoms with Crippen molar-refractivity contribution in [3.63, 3.8) is 0 Å². The molecule has 0 aliphatic carbocycles. The maximum absolute atomic E-state index is 6.12. The minimum Gasteiger partial charge on any atom is -0.493 e. The van der Waals surface area contributed by atoms with Gasteiger partial charge < -0.3 is 20.1 Å². The van der Waals surface area contributed by atoms with Gasteiger partial charge >= 0.3 is 0 Å². The van der Waals surface area contributed by atoms with Crippen molar-refractivity contribution in [3.05, 3.63) is 45.4 Å². The second-order valence-corrected chi connectivity index (χ2v) is 8.44. The van der Waals surface area contributed by atoms with Crippen molar-refractivity contribution in [2.75, 3.05) is 33.4 Å². The van der Waals surface area contributed by atoms with Gasteiger partial charge in [-0.05, 0) is 31.9 Å². The van der Waals surface area contributed by atoms with Gasteiger partial charge in [0.2, 0.25) is 0 Å². The zero-order valence-corrected chi connectivity index (χ0v) is 20.5. The molecule has 29 heavy (non-hydrogen) atoms. The number of nitrogens with zero attached hydrogens (tertiary/aromatic N) is 2. The highest BCUT2D eigenvalue weighted by atomic mass is 127. The zero-order valence-electron chi connectivity index (χ0n) is 17.4. The number of benzene rings is 1. The van der Waals surface area contributed by atoms with Crippen molar-refractivity contribution < 1.29 is 9.47 Å². The first-order valence-corrected chi connectivity index (χ1v) is 10.6. The third-order valence-electron chi connectivity index (χ3n) is 4.69. The van der Waals surface area contributed by atoms with Crippen molar-refractivity contribution >= 4 is 41.3 Å². The van der Waals surface area contributed by atoms with Gasteiger partial charge in [0, 0.05) is 55.7 Å². The second kappa shape index (κ2) is 12.3. The second-order valence-electron chi connectivity index (χ2n) is 7.12. The molecule has 8 heteroatoms. The number of nitrogens with one attached hydrogen (secondary N) is 2. The molecule has 1 fully saturated rings. The number of thiazole rings is 1. The Bertz CT molecular complexity index is 791. The summed E-state index contributed by atoms with van der Waals surface area (Å²) in [6, 6.07) is 6.34. The van der Waals surface area contributed by atoms with Gasteiger partial charge in [-0.1, -0.05) is 12.1 Å². The van der Waals surface area contributed by atoms with E-state index in [1.54, 1.807) is 18.4 Å². The van der Waals surface area contributed by atoms with E-state index in [1.165, 1.54) is 10.4 Å². The van der Waals surface area contributed by atoms with Crippen LogP contribution < -0.4 is 15.4 Å². The average Bonchev–Trinajstić information content (AvgIpc) is 3.35. The highest BCUT2D eigenvalue weighted by molar-refractivity contribution is 14.0. The van der Waals surface area contributed by atoms with Crippen molar-refractivity contribution in [2.45, 2.75) is 33.2 Å². The Kier molecular flexibility index (Phi) is 10.2. The van der Waals surface area contributed by atoms with Gasteiger partial charge in [0.1, 0.15) is 5.75 Å². The quantitative estimate of drug-likeness (QED) is 0.310. The minimum atomic E-state index is 0. The van der Waals surface area contributed by atoms with Crippen molar-refractivity contribution in [1.82, 2.24) is 15.6 Å². The molecular formula is C21H31IN4O2S. The van der Waals surface area contributed by atoms with E-state index in [-0.39, 0.29) is 24.0 Å². The Morgan fingerprint density at radius 3 is 2.90 bits per heavy atom. The summed E-state index contributed by atoms with van der Waals surface area (Å²) >= 11 is 1.74. The summed E-state index contributed by atoms with van der Waals surface area (Å²) in [5.74, 6) is 2.21. The van der Waals surface area contributed by atoms with E-state index >= 15 is 0 Å². The SMILES string of the molecule is CN=C(NCCc1ncc(C)s1)NCc1ccc(C)cc1OCC1CCOC1.I. The van der Waals surface area contributed by atoms with Gasteiger partial charge in [0.25, 0.3) is 0 Å². The van der Waals surface area contributed by atoms with Crippen LogP contribution in [-0.2, 0) is 17.7 Å². The molecule has 2 heterocycles. The monoisotopic (exact) mass is 530 g/mol. The number of halogens is 1. The molecular weight excluding hydrogens is 499 g/mol. The number of aryl methyl sites for hydroxylation is 2. The fourth-order valence-corrected chi connectivity index (χ4v) is 3.86. The third-order valence-corrected chi connectivity index (χ3v) is 5.66. The fourth-order valence-electron chi connectivity index (χ4n) is 3.07. The fraction of sp³-hybridized carbons (Fsp3) is 0.524. The van der Waals surface area contributed by atoms with Crippen LogP contribution in [0.4, 0.5) is 0 Å². The van der Waals surface area contributed by atoms with Crippen LogP contribution in [0.5, 0.6) is 5.75 Å². The highest BCUT2D eigenvalue weighted by Crippen LogP contribution is 2.22. The summed E-state index contributed by atoms with van der Waals surface area (Å²) in [5, 5.41) is 7.88. The molecule has 1 atom stereocenters. The lowest BCUT2D eigenvalue weighted by atomic mass is 10.1. The van der Waals surface area contributed by atoms with E-state index in [0.29, 0.717) is 19.1 Å². The minimum absolute atomic E-state index is 0. The molecule has 160 valence electrons. The van der Waals surface area contributed by atoms with Crippen molar-refractivity contribution in [1.29, 1.82) is 0 Å². The largest absolute Gasteiger partial charge is 0.493 e. The topological polar surface area (TPSA) is 67.8 Å². The summed E-state index contributed by atoms with van der Waals surface area (Å²) in [6.45, 7) is 7.97. The molecule has 1 unspecified atom stereocenters. The summed E-state index contributed by atoms with van der Waals surface area (Å²) in [7, 11) is 1.79. The van der Waals surface area contributed by atoms with Crippen LogP contribution in [0.25, 0.3) is 0 Å². The lowest BCUT2D eigenvalue weighted by molar-refractivity contribution is 0.166. The molecule has 0 radical (unpaired) electrons. The summed E-state index contributed by atoms with van der Waals surface area (Å²) in [4.78, 5) is 9.96. The number of ether oxygens (including phenoxy) is 2. The van der Waals surface area contributed by atoms with Crippen LogP contribution in [0.15, 0.2) is 29.4 Å². The van der Waals surface area contributed by atoms with Crippen LogP contribution >= 0.6 is 35.3 Å². The highest BCUT2D eigenvalue weighted by Gasteiger charge is 2.17. The lowest BCUT2D eigenvalue weighted by Gasteiger charge is -2.17. The molecule has 0 bridgehead atoms. The molecule has 2 N–H and O–H groups in total. The van der Waals surface area contributed by atoms with Gasteiger partial charge in [0.05, 0.1) is 18.2 Å². The number of hydrogen-bond acceptors (Lipinski definition) is 5. The Balaban J connectivity index is 0.00000300. The van der Waals surface area contributed by atoms with Crippen LogP contribution in [0.3, 0.4) is 0 Å². The van der Waals surface area contributed by atoms with E-state index < -0.39 is 0 Å². The summed E-state index contributed by atoms with van der Waals surface area (Å²) < 4.78 is 11.6. The number of guanidine groups is 1. The Morgan fingerprint density at radius 1 is 1.34 bits per heavy atom. The number of aromatic nitrogens is 1. The number of rotatable bonds is 8.